The fourth-order valence-electron chi connectivity index (χ4n) is 4.28. The number of benzene rings is 2. The molecule has 1 saturated heterocycles. The Morgan fingerprint density at radius 1 is 1.18 bits per heavy atom. The largest absolute Gasteiger partial charge is 0.497 e. The second-order valence-corrected chi connectivity index (χ2v) is 13.7. The summed E-state index contributed by atoms with van der Waals surface area (Å²) in [4.78, 5) is 29.5. The van der Waals surface area contributed by atoms with Crippen molar-refractivity contribution >= 4 is 61.6 Å². The van der Waals surface area contributed by atoms with E-state index in [-0.39, 0.29) is 29.5 Å². The maximum atomic E-state index is 15.4. The fourth-order valence-corrected chi connectivity index (χ4v) is 6.97. The maximum absolute atomic E-state index is 15.4. The Bertz CT molecular complexity index is 1620. The van der Waals surface area contributed by atoms with E-state index in [0.29, 0.717) is 37.6 Å². The fraction of sp³-hybridized carbons (Fsp3) is 0.379. The van der Waals surface area contributed by atoms with Crippen LogP contribution in [0.3, 0.4) is 0 Å². The molecule has 1 aliphatic heterocycles. The SMILES string of the molecule is COc1ccc(CN(c2scnc2C(=O)OC(C)(C)C)S(=O)(=O)c2ccc(NC(=O)CN(C=S)N3CCOCC3)c(F)c2)cc1. The first-order valence-corrected chi connectivity index (χ1v) is 16.6. The minimum atomic E-state index is -4.48. The number of thiazole rings is 1. The van der Waals surface area contributed by atoms with Gasteiger partial charge in [-0.25, -0.2) is 27.6 Å². The van der Waals surface area contributed by atoms with Gasteiger partial charge in [-0.2, -0.15) is 0 Å². The third-order valence-corrected chi connectivity index (χ3v) is 9.38. The first-order valence-electron chi connectivity index (χ1n) is 13.8. The Balaban J connectivity index is 1.62. The minimum Gasteiger partial charge on any atom is -0.497 e. The highest BCUT2D eigenvalue weighted by molar-refractivity contribution is 7.93. The van der Waals surface area contributed by atoms with Crippen LogP contribution in [-0.4, -0.2) is 86.3 Å². The number of halogens is 1. The van der Waals surface area contributed by atoms with Crippen molar-refractivity contribution in [2.24, 2.45) is 0 Å². The number of ether oxygens (including phenoxy) is 3. The number of thiocarbonyl (C=S) groups is 1. The van der Waals surface area contributed by atoms with Crippen molar-refractivity contribution < 1.29 is 36.6 Å². The topological polar surface area (TPSA) is 131 Å². The zero-order valence-electron chi connectivity index (χ0n) is 25.2. The van der Waals surface area contributed by atoms with Crippen LogP contribution in [0.2, 0.25) is 0 Å². The number of nitrogens with zero attached hydrogens (tertiary/aromatic N) is 4. The highest BCUT2D eigenvalue weighted by atomic mass is 32.2. The molecule has 16 heteroatoms. The minimum absolute atomic E-state index is 0.00113. The molecule has 12 nitrogen and oxygen atoms in total. The number of amides is 1. The van der Waals surface area contributed by atoms with Gasteiger partial charge in [0, 0.05) is 13.1 Å². The number of hydrogen-bond acceptors (Lipinski definition) is 11. The molecule has 0 aliphatic carbocycles. The number of methoxy groups -OCH3 is 1. The number of aromatic nitrogens is 1. The Kier molecular flexibility index (Phi) is 11.1. The summed E-state index contributed by atoms with van der Waals surface area (Å²) in [5.41, 5.74) is 1.97. The summed E-state index contributed by atoms with van der Waals surface area (Å²) < 4.78 is 60.5. The molecule has 3 aromatic rings. The van der Waals surface area contributed by atoms with Crippen molar-refractivity contribution in [3.05, 3.63) is 65.0 Å². The van der Waals surface area contributed by atoms with Crippen molar-refractivity contribution in [1.29, 1.82) is 0 Å². The van der Waals surface area contributed by atoms with Gasteiger partial charge in [-0.05, 0) is 56.7 Å². The van der Waals surface area contributed by atoms with Gasteiger partial charge in [0.15, 0.2) is 5.69 Å². The van der Waals surface area contributed by atoms with Crippen molar-refractivity contribution in [1.82, 2.24) is 15.0 Å². The number of anilines is 2. The van der Waals surface area contributed by atoms with Crippen molar-refractivity contribution in [2.75, 3.05) is 49.6 Å². The normalized spacial score (nSPS) is 14.0. The van der Waals surface area contributed by atoms with Gasteiger partial charge in [0.1, 0.15) is 28.7 Å². The summed E-state index contributed by atoms with van der Waals surface area (Å²) in [7, 11) is -2.97. The van der Waals surface area contributed by atoms with Crippen LogP contribution in [0.5, 0.6) is 5.75 Å². The lowest BCUT2D eigenvalue weighted by Gasteiger charge is -2.35. The lowest BCUT2D eigenvalue weighted by Crippen LogP contribution is -2.50. The number of hydrazine groups is 1. The van der Waals surface area contributed by atoms with E-state index in [2.05, 4.69) is 10.3 Å². The molecule has 2 aromatic carbocycles. The van der Waals surface area contributed by atoms with Crippen molar-refractivity contribution in [3.8, 4) is 5.75 Å². The van der Waals surface area contributed by atoms with Gasteiger partial charge < -0.3 is 19.5 Å². The summed E-state index contributed by atoms with van der Waals surface area (Å²) in [5, 5.41) is 5.87. The molecule has 242 valence electrons. The van der Waals surface area contributed by atoms with E-state index in [4.69, 9.17) is 26.4 Å². The number of hydrogen-bond donors (Lipinski definition) is 1. The number of morpholine rings is 1. The molecule has 0 bridgehead atoms. The summed E-state index contributed by atoms with van der Waals surface area (Å²) in [6, 6.07) is 9.86. The molecule has 1 aromatic heterocycles. The van der Waals surface area contributed by atoms with Crippen LogP contribution < -0.4 is 14.4 Å². The molecule has 1 N–H and O–H groups in total. The second kappa shape index (κ2) is 14.6. The average molecular weight is 680 g/mol. The quantitative estimate of drug-likeness (QED) is 0.220. The molecular formula is C29H34FN5O7S3. The molecule has 1 amide bonds. The van der Waals surface area contributed by atoms with Crippen molar-refractivity contribution in [2.45, 2.75) is 37.8 Å². The van der Waals surface area contributed by atoms with Crippen molar-refractivity contribution in [3.63, 3.8) is 0 Å². The van der Waals surface area contributed by atoms with Gasteiger partial charge in [0.2, 0.25) is 5.91 Å². The third kappa shape index (κ3) is 8.73. The molecule has 2 heterocycles. The zero-order chi connectivity index (χ0) is 32.8. The number of carbonyl (C=O) groups excluding carboxylic acids is 2. The molecule has 0 saturated carbocycles. The Morgan fingerprint density at radius 3 is 2.47 bits per heavy atom. The molecule has 1 fully saturated rings. The number of nitrogens with one attached hydrogen (secondary N) is 1. The summed E-state index contributed by atoms with van der Waals surface area (Å²) >= 11 is 5.97. The number of rotatable bonds is 12. The van der Waals surface area contributed by atoms with E-state index in [1.165, 1.54) is 35.3 Å². The van der Waals surface area contributed by atoms with Gasteiger partial charge in [-0.3, -0.25) is 14.1 Å². The summed E-state index contributed by atoms with van der Waals surface area (Å²) in [5.74, 6) is -1.75. The smallest absolute Gasteiger partial charge is 0.360 e. The van der Waals surface area contributed by atoms with Crippen LogP contribution in [0.1, 0.15) is 36.8 Å². The Hall–Kier alpha value is -3.70. The van der Waals surface area contributed by atoms with Gasteiger partial charge in [0.25, 0.3) is 10.0 Å². The van der Waals surface area contributed by atoms with E-state index in [9.17, 15) is 18.0 Å². The number of sulfonamides is 1. The average Bonchev–Trinajstić information content (AvgIpc) is 3.49. The van der Waals surface area contributed by atoms with E-state index >= 15 is 4.39 Å². The number of esters is 1. The first-order chi connectivity index (χ1) is 21.3. The maximum Gasteiger partial charge on any atom is 0.360 e. The molecular weight excluding hydrogens is 646 g/mol. The molecule has 1 aliphatic rings. The molecule has 4 rings (SSSR count). The first kappa shape index (κ1) is 34.2. The Morgan fingerprint density at radius 2 is 1.87 bits per heavy atom. The van der Waals surface area contributed by atoms with E-state index in [0.717, 1.165) is 21.7 Å². The molecule has 0 radical (unpaired) electrons. The number of carbonyl (C=O) groups is 2. The van der Waals surface area contributed by atoms with Crippen LogP contribution in [0.25, 0.3) is 0 Å². The van der Waals surface area contributed by atoms with Crippen LogP contribution in [0.4, 0.5) is 15.1 Å². The standard InChI is InChI=1S/C29H34FN5O7S3/c1-29(2,3)42-28(37)26-27(44-18-31-26)35(16-20-5-7-21(40-4)8-6-20)45(38,39)22-9-10-24(23(30)15-22)32-25(36)17-34(19-43)33-11-13-41-14-12-33/h5-10,15,18-19H,11-14,16-17H2,1-4H3,(H,32,36). The molecule has 0 atom stereocenters. The predicted octanol–water partition coefficient (Wildman–Crippen LogP) is 4.09. The van der Waals surface area contributed by atoms with E-state index in [1.54, 1.807) is 45.0 Å². The highest BCUT2D eigenvalue weighted by Crippen LogP contribution is 2.34. The molecule has 45 heavy (non-hydrogen) atoms. The van der Waals surface area contributed by atoms with Gasteiger partial charge in [-0.15, -0.1) is 11.3 Å². The highest BCUT2D eigenvalue weighted by Gasteiger charge is 2.33. The molecule has 0 spiro atoms. The van der Waals surface area contributed by atoms with E-state index in [1.807, 2.05) is 5.01 Å². The summed E-state index contributed by atoms with van der Waals surface area (Å²) in [6.07, 6.45) is 0. The van der Waals surface area contributed by atoms with Gasteiger partial charge in [-0.1, -0.05) is 24.4 Å². The monoisotopic (exact) mass is 679 g/mol. The molecule has 0 unspecified atom stereocenters. The summed E-state index contributed by atoms with van der Waals surface area (Å²) in [6.45, 7) is 6.73. The predicted molar refractivity (Wildman–Crippen MR) is 171 cm³/mol. The zero-order valence-corrected chi connectivity index (χ0v) is 27.6. The lowest BCUT2D eigenvalue weighted by molar-refractivity contribution is -0.121. The Labute approximate surface area is 270 Å². The lowest BCUT2D eigenvalue weighted by atomic mass is 10.2. The van der Waals surface area contributed by atoms with Crippen LogP contribution in [0.15, 0.2) is 52.9 Å². The second-order valence-electron chi connectivity index (χ2n) is 10.8. The van der Waals surface area contributed by atoms with Crippen LogP contribution in [-0.2, 0) is 30.8 Å². The van der Waals surface area contributed by atoms with Gasteiger partial charge >= 0.3 is 5.97 Å². The van der Waals surface area contributed by atoms with Gasteiger partial charge in [0.05, 0.1) is 48.5 Å². The van der Waals surface area contributed by atoms with Crippen LogP contribution in [0, 0.1) is 5.82 Å². The third-order valence-electron chi connectivity index (χ3n) is 6.43. The van der Waals surface area contributed by atoms with E-state index < -0.39 is 38.2 Å². The van der Waals surface area contributed by atoms with Crippen LogP contribution >= 0.6 is 23.6 Å².